The standard InChI is InChI=1S/C17H21N3/c1-17(12-18,14-7-3-2-4-8-14)20-16-11-10-13-6-5-9-15(13)19-16/h2-4,7-8,10-11H,5-6,9,12,18H2,1H3,(H,19,20). The third-order valence-corrected chi connectivity index (χ3v) is 4.15. The van der Waals surface area contributed by atoms with Crippen LogP contribution in [0.4, 0.5) is 5.82 Å². The first-order chi connectivity index (χ1) is 9.71. The van der Waals surface area contributed by atoms with Gasteiger partial charge >= 0.3 is 0 Å². The van der Waals surface area contributed by atoms with Gasteiger partial charge in [0.15, 0.2) is 0 Å². The van der Waals surface area contributed by atoms with E-state index in [1.54, 1.807) is 0 Å². The lowest BCUT2D eigenvalue weighted by molar-refractivity contribution is 0.553. The fourth-order valence-corrected chi connectivity index (χ4v) is 2.82. The minimum atomic E-state index is -0.291. The van der Waals surface area contributed by atoms with Crippen molar-refractivity contribution in [2.24, 2.45) is 5.73 Å². The zero-order valence-electron chi connectivity index (χ0n) is 11.9. The maximum Gasteiger partial charge on any atom is 0.126 e. The summed E-state index contributed by atoms with van der Waals surface area (Å²) in [6, 6.07) is 14.6. The summed E-state index contributed by atoms with van der Waals surface area (Å²) in [4.78, 5) is 4.75. The van der Waals surface area contributed by atoms with Crippen molar-refractivity contribution in [3.63, 3.8) is 0 Å². The van der Waals surface area contributed by atoms with Gasteiger partial charge in [0, 0.05) is 12.2 Å². The Bertz CT molecular complexity index is 594. The molecule has 0 fully saturated rings. The summed E-state index contributed by atoms with van der Waals surface area (Å²) in [6.07, 6.45) is 3.48. The minimum Gasteiger partial charge on any atom is -0.360 e. The molecule has 1 aliphatic carbocycles. The lowest BCUT2D eigenvalue weighted by Crippen LogP contribution is -2.40. The van der Waals surface area contributed by atoms with Gasteiger partial charge in [0.05, 0.1) is 5.54 Å². The zero-order valence-corrected chi connectivity index (χ0v) is 11.9. The van der Waals surface area contributed by atoms with Gasteiger partial charge in [-0.05, 0) is 43.4 Å². The monoisotopic (exact) mass is 267 g/mol. The molecule has 1 heterocycles. The number of anilines is 1. The second kappa shape index (κ2) is 5.25. The van der Waals surface area contributed by atoms with Crippen molar-refractivity contribution >= 4 is 5.82 Å². The Kier molecular flexibility index (Phi) is 3.45. The molecule has 0 saturated carbocycles. The van der Waals surface area contributed by atoms with Crippen LogP contribution in [0, 0.1) is 0 Å². The van der Waals surface area contributed by atoms with Crippen LogP contribution in [0.2, 0.25) is 0 Å². The molecule has 1 aliphatic rings. The van der Waals surface area contributed by atoms with Crippen molar-refractivity contribution in [3.05, 3.63) is 59.3 Å². The molecule has 0 amide bonds. The molecule has 3 nitrogen and oxygen atoms in total. The van der Waals surface area contributed by atoms with Crippen LogP contribution in [0.15, 0.2) is 42.5 Å². The normalized spacial score (nSPS) is 16.5. The number of fused-ring (bicyclic) bond motifs is 1. The van der Waals surface area contributed by atoms with Crippen molar-refractivity contribution < 1.29 is 0 Å². The molecule has 3 heteroatoms. The van der Waals surface area contributed by atoms with Crippen molar-refractivity contribution in [1.29, 1.82) is 0 Å². The first kappa shape index (κ1) is 13.1. The number of pyridine rings is 1. The van der Waals surface area contributed by atoms with Gasteiger partial charge in [-0.2, -0.15) is 0 Å². The molecule has 20 heavy (non-hydrogen) atoms. The van der Waals surface area contributed by atoms with Crippen LogP contribution in [0.5, 0.6) is 0 Å². The van der Waals surface area contributed by atoms with Crippen molar-refractivity contribution in [2.75, 3.05) is 11.9 Å². The second-order valence-electron chi connectivity index (χ2n) is 5.68. The lowest BCUT2D eigenvalue weighted by Gasteiger charge is -2.30. The van der Waals surface area contributed by atoms with E-state index in [0.29, 0.717) is 6.54 Å². The summed E-state index contributed by atoms with van der Waals surface area (Å²) in [7, 11) is 0. The number of benzene rings is 1. The summed E-state index contributed by atoms with van der Waals surface area (Å²) in [5.74, 6) is 0.919. The Morgan fingerprint density at radius 3 is 2.70 bits per heavy atom. The molecule has 1 atom stereocenters. The van der Waals surface area contributed by atoms with Crippen molar-refractivity contribution in [2.45, 2.75) is 31.7 Å². The van der Waals surface area contributed by atoms with Gasteiger partial charge < -0.3 is 11.1 Å². The third-order valence-electron chi connectivity index (χ3n) is 4.15. The number of rotatable bonds is 4. The number of nitrogens with one attached hydrogen (secondary N) is 1. The number of aryl methyl sites for hydroxylation is 2. The molecule has 1 unspecified atom stereocenters. The molecule has 3 rings (SSSR count). The average Bonchev–Trinajstić information content (AvgIpc) is 2.95. The minimum absolute atomic E-state index is 0.291. The summed E-state index contributed by atoms with van der Waals surface area (Å²) in [5.41, 5.74) is 9.54. The van der Waals surface area contributed by atoms with Gasteiger partial charge in [-0.1, -0.05) is 36.4 Å². The summed E-state index contributed by atoms with van der Waals surface area (Å²) < 4.78 is 0. The van der Waals surface area contributed by atoms with Crippen LogP contribution in [0.25, 0.3) is 0 Å². The molecule has 0 saturated heterocycles. The molecule has 0 spiro atoms. The van der Waals surface area contributed by atoms with E-state index in [9.17, 15) is 0 Å². The maximum absolute atomic E-state index is 6.01. The Morgan fingerprint density at radius 1 is 1.15 bits per heavy atom. The molecular weight excluding hydrogens is 246 g/mol. The van der Waals surface area contributed by atoms with Crippen LogP contribution in [-0.2, 0) is 18.4 Å². The van der Waals surface area contributed by atoms with Crippen LogP contribution in [0.3, 0.4) is 0 Å². The summed E-state index contributed by atoms with van der Waals surface area (Å²) in [5, 5.41) is 3.51. The van der Waals surface area contributed by atoms with Crippen LogP contribution in [-0.4, -0.2) is 11.5 Å². The highest BCUT2D eigenvalue weighted by Gasteiger charge is 2.25. The Hall–Kier alpha value is -1.87. The fourth-order valence-electron chi connectivity index (χ4n) is 2.82. The molecule has 104 valence electrons. The number of nitrogens with zero attached hydrogens (tertiary/aromatic N) is 1. The summed E-state index contributed by atoms with van der Waals surface area (Å²) in [6.45, 7) is 2.65. The van der Waals surface area contributed by atoms with E-state index < -0.39 is 0 Å². The molecule has 1 aromatic carbocycles. The lowest BCUT2D eigenvalue weighted by atomic mass is 9.92. The fraction of sp³-hybridized carbons (Fsp3) is 0.353. The van der Waals surface area contributed by atoms with E-state index in [-0.39, 0.29) is 5.54 Å². The van der Waals surface area contributed by atoms with Crippen molar-refractivity contribution in [1.82, 2.24) is 4.98 Å². The molecular formula is C17H21N3. The Labute approximate surface area is 120 Å². The highest BCUT2D eigenvalue weighted by atomic mass is 15.1. The highest BCUT2D eigenvalue weighted by Crippen LogP contribution is 2.27. The third kappa shape index (κ3) is 2.41. The number of aromatic nitrogens is 1. The van der Waals surface area contributed by atoms with Gasteiger partial charge in [-0.25, -0.2) is 4.98 Å². The van der Waals surface area contributed by atoms with Gasteiger partial charge in [0.2, 0.25) is 0 Å². The Morgan fingerprint density at radius 2 is 1.95 bits per heavy atom. The number of nitrogens with two attached hydrogens (primary N) is 1. The largest absolute Gasteiger partial charge is 0.360 e. The van der Waals surface area contributed by atoms with E-state index in [2.05, 4.69) is 36.5 Å². The zero-order chi connectivity index (χ0) is 14.0. The van der Waals surface area contributed by atoms with Gasteiger partial charge in [0.1, 0.15) is 5.82 Å². The average molecular weight is 267 g/mol. The number of hydrogen-bond acceptors (Lipinski definition) is 3. The van der Waals surface area contributed by atoms with Crippen LogP contribution in [0.1, 0.15) is 30.2 Å². The van der Waals surface area contributed by atoms with E-state index in [1.807, 2.05) is 18.2 Å². The SMILES string of the molecule is CC(CN)(Nc1ccc2c(n1)CCC2)c1ccccc1. The predicted octanol–water partition coefficient (Wildman–Crippen LogP) is 2.86. The topological polar surface area (TPSA) is 50.9 Å². The summed E-state index contributed by atoms with van der Waals surface area (Å²) >= 11 is 0. The second-order valence-corrected chi connectivity index (χ2v) is 5.68. The molecule has 0 bridgehead atoms. The van der Waals surface area contributed by atoms with Crippen LogP contribution < -0.4 is 11.1 Å². The molecule has 3 N–H and O–H groups in total. The predicted molar refractivity (Wildman–Crippen MR) is 82.7 cm³/mol. The van der Waals surface area contributed by atoms with E-state index >= 15 is 0 Å². The van der Waals surface area contributed by atoms with Gasteiger partial charge in [-0.3, -0.25) is 0 Å². The maximum atomic E-state index is 6.01. The smallest absolute Gasteiger partial charge is 0.126 e. The van der Waals surface area contributed by atoms with Crippen molar-refractivity contribution in [3.8, 4) is 0 Å². The van der Waals surface area contributed by atoms with Gasteiger partial charge in [-0.15, -0.1) is 0 Å². The van der Waals surface area contributed by atoms with E-state index in [1.165, 1.54) is 23.2 Å². The first-order valence-corrected chi connectivity index (χ1v) is 7.24. The van der Waals surface area contributed by atoms with E-state index in [4.69, 9.17) is 10.7 Å². The Balaban J connectivity index is 1.88. The van der Waals surface area contributed by atoms with E-state index in [0.717, 1.165) is 18.7 Å². The number of hydrogen-bond donors (Lipinski definition) is 2. The first-order valence-electron chi connectivity index (χ1n) is 7.24. The highest BCUT2D eigenvalue weighted by molar-refractivity contribution is 5.45. The molecule has 2 aromatic rings. The molecule has 0 radical (unpaired) electrons. The van der Waals surface area contributed by atoms with Crippen LogP contribution >= 0.6 is 0 Å². The molecule has 0 aliphatic heterocycles. The molecule has 1 aromatic heterocycles. The van der Waals surface area contributed by atoms with Gasteiger partial charge in [0.25, 0.3) is 0 Å². The quantitative estimate of drug-likeness (QED) is 0.895.